The van der Waals surface area contributed by atoms with Crippen LogP contribution >= 0.6 is 0 Å². The Morgan fingerprint density at radius 2 is 1.88 bits per heavy atom. The lowest BCUT2D eigenvalue weighted by Crippen LogP contribution is -2.63. The topological polar surface area (TPSA) is 44.4 Å². The number of benzene rings is 1. The number of nitrogens with zero attached hydrogens (tertiary/aromatic N) is 1. The highest BCUT2D eigenvalue weighted by Crippen LogP contribution is 2.38. The molecule has 7 heteroatoms. The number of hydrazine groups is 1. The number of carbonyl (C=O) groups excluding carboxylic acids is 1. The summed E-state index contributed by atoms with van der Waals surface area (Å²) in [4.78, 5) is 12.6. The molecule has 26 heavy (non-hydrogen) atoms. The molecule has 4 nitrogen and oxygen atoms in total. The Balaban J connectivity index is 2.31. The number of para-hydroxylation sites is 1. The maximum atomic E-state index is 13.6. The van der Waals surface area contributed by atoms with Crippen LogP contribution in [0.15, 0.2) is 36.5 Å². The highest BCUT2D eigenvalue weighted by Gasteiger charge is 2.61. The molecular formula is C19H26F3N3O. The normalized spacial score (nSPS) is 21.8. The van der Waals surface area contributed by atoms with Crippen molar-refractivity contribution in [1.29, 1.82) is 0 Å². The SMILES string of the molecule is CC(CC(C)(C)C)c1ccccc1NC(=O)C1(C(F)(F)F)C=CN(C)N1. The Kier molecular flexibility index (Phi) is 5.42. The van der Waals surface area contributed by atoms with E-state index in [1.54, 1.807) is 12.1 Å². The molecule has 1 aliphatic heterocycles. The number of anilines is 1. The molecule has 0 spiro atoms. The van der Waals surface area contributed by atoms with Crippen LogP contribution in [-0.4, -0.2) is 29.7 Å². The predicted octanol–water partition coefficient (Wildman–Crippen LogP) is 4.43. The quantitative estimate of drug-likeness (QED) is 0.825. The zero-order valence-electron chi connectivity index (χ0n) is 15.7. The molecule has 2 unspecified atom stereocenters. The Hall–Kier alpha value is -2.02. The van der Waals surface area contributed by atoms with Crippen molar-refractivity contribution in [3.05, 3.63) is 42.1 Å². The summed E-state index contributed by atoms with van der Waals surface area (Å²) in [6, 6.07) is 7.01. The number of carbonyl (C=O) groups is 1. The monoisotopic (exact) mass is 369 g/mol. The molecule has 0 fully saturated rings. The van der Waals surface area contributed by atoms with Gasteiger partial charge in [-0.3, -0.25) is 4.79 Å². The molecule has 1 heterocycles. The van der Waals surface area contributed by atoms with Gasteiger partial charge in [-0.25, -0.2) is 5.43 Å². The van der Waals surface area contributed by atoms with Crippen LogP contribution in [0, 0.1) is 5.41 Å². The molecule has 0 radical (unpaired) electrons. The summed E-state index contributed by atoms with van der Waals surface area (Å²) in [5, 5.41) is 3.61. The molecular weight excluding hydrogens is 343 g/mol. The zero-order chi connectivity index (χ0) is 19.8. The van der Waals surface area contributed by atoms with Crippen LogP contribution in [0.25, 0.3) is 0 Å². The fourth-order valence-corrected chi connectivity index (χ4v) is 3.28. The third kappa shape index (κ3) is 4.20. The largest absolute Gasteiger partial charge is 0.421 e. The van der Waals surface area contributed by atoms with E-state index >= 15 is 0 Å². The maximum Gasteiger partial charge on any atom is 0.421 e. The lowest BCUT2D eigenvalue weighted by Gasteiger charge is -2.31. The van der Waals surface area contributed by atoms with Gasteiger partial charge in [-0.2, -0.15) is 13.2 Å². The Morgan fingerprint density at radius 3 is 2.38 bits per heavy atom. The Bertz CT molecular complexity index is 694. The van der Waals surface area contributed by atoms with Gasteiger partial charge < -0.3 is 10.3 Å². The van der Waals surface area contributed by atoms with E-state index in [1.807, 2.05) is 19.1 Å². The summed E-state index contributed by atoms with van der Waals surface area (Å²) in [5.74, 6) is -1.07. The van der Waals surface area contributed by atoms with E-state index < -0.39 is 17.6 Å². The summed E-state index contributed by atoms with van der Waals surface area (Å²) in [5.41, 5.74) is 0.709. The van der Waals surface area contributed by atoms with Gasteiger partial charge >= 0.3 is 6.18 Å². The highest BCUT2D eigenvalue weighted by atomic mass is 19.4. The molecule has 1 aromatic carbocycles. The van der Waals surface area contributed by atoms with Crippen molar-refractivity contribution in [2.24, 2.45) is 5.41 Å². The average Bonchev–Trinajstić information content (AvgIpc) is 2.89. The van der Waals surface area contributed by atoms with Gasteiger partial charge in [0, 0.05) is 18.9 Å². The predicted molar refractivity (Wildman–Crippen MR) is 96.4 cm³/mol. The second-order valence-corrected chi connectivity index (χ2v) is 8.05. The number of hydrogen-bond donors (Lipinski definition) is 2. The Morgan fingerprint density at radius 1 is 1.27 bits per heavy atom. The molecule has 0 aromatic heterocycles. The molecule has 1 aromatic rings. The molecule has 144 valence electrons. The lowest BCUT2D eigenvalue weighted by molar-refractivity contribution is -0.189. The van der Waals surface area contributed by atoms with Crippen LogP contribution in [0.2, 0.25) is 0 Å². The van der Waals surface area contributed by atoms with Gasteiger partial charge in [0.25, 0.3) is 5.91 Å². The molecule has 2 N–H and O–H groups in total. The lowest BCUT2D eigenvalue weighted by atomic mass is 9.82. The number of alkyl halides is 3. The maximum absolute atomic E-state index is 13.6. The number of rotatable bonds is 4. The molecule has 1 amide bonds. The summed E-state index contributed by atoms with van der Waals surface area (Å²) in [6.45, 7) is 8.32. The van der Waals surface area contributed by atoms with Crippen LogP contribution in [0.3, 0.4) is 0 Å². The van der Waals surface area contributed by atoms with Gasteiger partial charge in [0.05, 0.1) is 0 Å². The third-order valence-corrected chi connectivity index (χ3v) is 4.36. The first-order valence-corrected chi connectivity index (χ1v) is 8.53. The first-order valence-electron chi connectivity index (χ1n) is 8.53. The smallest absolute Gasteiger partial charge is 0.324 e. The van der Waals surface area contributed by atoms with Crippen LogP contribution in [-0.2, 0) is 4.79 Å². The minimum atomic E-state index is -4.77. The van der Waals surface area contributed by atoms with Crippen molar-refractivity contribution < 1.29 is 18.0 Å². The summed E-state index contributed by atoms with van der Waals surface area (Å²) < 4.78 is 40.9. The van der Waals surface area contributed by atoms with Gasteiger partial charge in [-0.1, -0.05) is 45.9 Å². The van der Waals surface area contributed by atoms with E-state index in [9.17, 15) is 18.0 Å². The van der Waals surface area contributed by atoms with Crippen molar-refractivity contribution in [2.75, 3.05) is 12.4 Å². The second-order valence-electron chi connectivity index (χ2n) is 8.05. The zero-order valence-corrected chi connectivity index (χ0v) is 15.7. The van der Waals surface area contributed by atoms with Crippen molar-refractivity contribution in [1.82, 2.24) is 10.4 Å². The van der Waals surface area contributed by atoms with Crippen molar-refractivity contribution in [3.8, 4) is 0 Å². The fraction of sp³-hybridized carbons (Fsp3) is 0.526. The number of halogens is 3. The van der Waals surface area contributed by atoms with E-state index in [0.29, 0.717) is 5.69 Å². The van der Waals surface area contributed by atoms with Crippen molar-refractivity contribution in [3.63, 3.8) is 0 Å². The van der Waals surface area contributed by atoms with Crippen molar-refractivity contribution >= 4 is 11.6 Å². The second kappa shape index (κ2) is 6.95. The van der Waals surface area contributed by atoms with Gasteiger partial charge in [0.1, 0.15) is 0 Å². The number of hydrogen-bond acceptors (Lipinski definition) is 3. The van der Waals surface area contributed by atoms with E-state index in [-0.39, 0.29) is 11.3 Å². The first-order chi connectivity index (χ1) is 11.9. The minimum absolute atomic E-state index is 0.0577. The van der Waals surface area contributed by atoms with Gasteiger partial charge in [0.2, 0.25) is 5.54 Å². The summed E-state index contributed by atoms with van der Waals surface area (Å²) >= 11 is 0. The van der Waals surface area contributed by atoms with Gasteiger partial charge in [-0.05, 0) is 35.5 Å². The van der Waals surface area contributed by atoms with E-state index in [1.165, 1.54) is 13.2 Å². The number of nitrogens with one attached hydrogen (secondary N) is 2. The minimum Gasteiger partial charge on any atom is -0.324 e. The van der Waals surface area contributed by atoms with Crippen molar-refractivity contribution in [2.45, 2.75) is 51.7 Å². The van der Waals surface area contributed by atoms with E-state index in [4.69, 9.17) is 0 Å². The number of amides is 1. The first kappa shape index (κ1) is 20.3. The van der Waals surface area contributed by atoms with E-state index in [0.717, 1.165) is 23.1 Å². The molecule has 1 aliphatic rings. The molecule has 0 bridgehead atoms. The Labute approximate surface area is 152 Å². The molecule has 2 rings (SSSR count). The highest BCUT2D eigenvalue weighted by molar-refractivity contribution is 6.01. The van der Waals surface area contributed by atoms with Crippen LogP contribution in [0.1, 0.15) is 45.6 Å². The third-order valence-electron chi connectivity index (χ3n) is 4.36. The summed E-state index contributed by atoms with van der Waals surface area (Å²) in [7, 11) is 1.41. The van der Waals surface area contributed by atoms with E-state index in [2.05, 4.69) is 31.5 Å². The van der Waals surface area contributed by atoms with Crippen LogP contribution in [0.5, 0.6) is 0 Å². The average molecular weight is 369 g/mol. The molecule has 0 saturated carbocycles. The fourth-order valence-electron chi connectivity index (χ4n) is 3.28. The van der Waals surface area contributed by atoms with Crippen LogP contribution in [0.4, 0.5) is 18.9 Å². The molecule has 2 atom stereocenters. The molecule has 0 aliphatic carbocycles. The summed E-state index contributed by atoms with van der Waals surface area (Å²) in [6.07, 6.45) is -1.90. The van der Waals surface area contributed by atoms with Crippen LogP contribution < -0.4 is 10.7 Å². The molecule has 0 saturated heterocycles. The van der Waals surface area contributed by atoms with Gasteiger partial charge in [0.15, 0.2) is 0 Å². The standard InChI is InChI=1S/C19H26F3N3O/c1-13(12-17(2,3)4)14-8-6-7-9-15(14)23-16(26)18(19(20,21)22)10-11-25(5)24-18/h6-11,13,24H,12H2,1-5H3,(H,23,26). The van der Waals surface area contributed by atoms with Gasteiger partial charge in [-0.15, -0.1) is 0 Å².